The SMILES string of the molecule is CCCC(O)CNCc1ccc(SC)c(OC)c1. The summed E-state index contributed by atoms with van der Waals surface area (Å²) in [4.78, 5) is 1.15. The smallest absolute Gasteiger partial charge is 0.132 e. The molecule has 1 aromatic carbocycles. The van der Waals surface area contributed by atoms with Gasteiger partial charge in [-0.25, -0.2) is 0 Å². The number of nitrogens with one attached hydrogen (secondary N) is 1. The molecule has 0 aliphatic carbocycles. The number of benzene rings is 1. The number of aliphatic hydroxyl groups is 1. The zero-order valence-electron chi connectivity index (χ0n) is 11.4. The summed E-state index contributed by atoms with van der Waals surface area (Å²) in [7, 11) is 1.69. The highest BCUT2D eigenvalue weighted by Crippen LogP contribution is 2.28. The first-order chi connectivity index (χ1) is 8.71. The molecule has 0 aliphatic rings. The molecule has 1 unspecified atom stereocenters. The van der Waals surface area contributed by atoms with Gasteiger partial charge in [-0.1, -0.05) is 19.4 Å². The lowest BCUT2D eigenvalue weighted by atomic mass is 10.2. The van der Waals surface area contributed by atoms with Crippen LogP contribution in [-0.2, 0) is 6.54 Å². The zero-order chi connectivity index (χ0) is 13.4. The molecule has 0 fully saturated rings. The fraction of sp³-hybridized carbons (Fsp3) is 0.571. The molecule has 0 saturated carbocycles. The van der Waals surface area contributed by atoms with E-state index >= 15 is 0 Å². The lowest BCUT2D eigenvalue weighted by Crippen LogP contribution is -2.26. The fourth-order valence-corrected chi connectivity index (χ4v) is 2.36. The van der Waals surface area contributed by atoms with Crippen molar-refractivity contribution in [1.82, 2.24) is 5.32 Å². The third kappa shape index (κ3) is 4.88. The van der Waals surface area contributed by atoms with E-state index in [0.29, 0.717) is 6.54 Å². The van der Waals surface area contributed by atoms with Gasteiger partial charge in [0, 0.05) is 18.0 Å². The van der Waals surface area contributed by atoms with Crippen LogP contribution in [0.4, 0.5) is 0 Å². The number of hydrogen-bond acceptors (Lipinski definition) is 4. The monoisotopic (exact) mass is 269 g/mol. The van der Waals surface area contributed by atoms with Crippen LogP contribution in [0.1, 0.15) is 25.3 Å². The molecule has 0 radical (unpaired) electrons. The largest absolute Gasteiger partial charge is 0.496 e. The van der Waals surface area contributed by atoms with Gasteiger partial charge in [0.15, 0.2) is 0 Å². The van der Waals surface area contributed by atoms with E-state index in [2.05, 4.69) is 24.4 Å². The average molecular weight is 269 g/mol. The van der Waals surface area contributed by atoms with Gasteiger partial charge in [-0.05, 0) is 30.4 Å². The molecule has 3 nitrogen and oxygen atoms in total. The third-order valence-corrected chi connectivity index (χ3v) is 3.56. The Bertz CT molecular complexity index is 358. The Kier molecular flexibility index (Phi) is 7.16. The number of methoxy groups -OCH3 is 1. The van der Waals surface area contributed by atoms with Crippen LogP contribution in [-0.4, -0.2) is 31.1 Å². The van der Waals surface area contributed by atoms with Gasteiger partial charge in [0.25, 0.3) is 0 Å². The van der Waals surface area contributed by atoms with Crippen molar-refractivity contribution in [3.05, 3.63) is 23.8 Å². The summed E-state index contributed by atoms with van der Waals surface area (Å²) in [6.45, 7) is 3.47. The molecule has 1 aromatic rings. The van der Waals surface area contributed by atoms with E-state index in [1.807, 2.05) is 12.3 Å². The minimum atomic E-state index is -0.248. The number of aliphatic hydroxyl groups excluding tert-OH is 1. The second-order valence-corrected chi connectivity index (χ2v) is 5.11. The van der Waals surface area contributed by atoms with Crippen molar-refractivity contribution in [2.24, 2.45) is 0 Å². The number of hydrogen-bond donors (Lipinski definition) is 2. The van der Waals surface area contributed by atoms with Crippen LogP contribution in [0.3, 0.4) is 0 Å². The van der Waals surface area contributed by atoms with Gasteiger partial charge in [-0.3, -0.25) is 0 Å². The third-order valence-electron chi connectivity index (χ3n) is 2.78. The Morgan fingerprint density at radius 2 is 2.22 bits per heavy atom. The summed E-state index contributed by atoms with van der Waals surface area (Å²) in [6, 6.07) is 6.21. The maximum absolute atomic E-state index is 9.62. The van der Waals surface area contributed by atoms with Gasteiger partial charge in [-0.2, -0.15) is 0 Å². The van der Waals surface area contributed by atoms with E-state index in [0.717, 1.165) is 30.0 Å². The topological polar surface area (TPSA) is 41.5 Å². The van der Waals surface area contributed by atoms with Crippen LogP contribution in [0.15, 0.2) is 23.1 Å². The van der Waals surface area contributed by atoms with Crippen LogP contribution in [0, 0.1) is 0 Å². The molecule has 0 heterocycles. The second kappa shape index (κ2) is 8.40. The van der Waals surface area contributed by atoms with Crippen LogP contribution in [0.25, 0.3) is 0 Å². The molecule has 2 N–H and O–H groups in total. The van der Waals surface area contributed by atoms with E-state index < -0.39 is 0 Å². The molecule has 1 rings (SSSR count). The van der Waals surface area contributed by atoms with Crippen LogP contribution < -0.4 is 10.1 Å². The first-order valence-corrected chi connectivity index (χ1v) is 7.53. The Labute approximate surface area is 114 Å². The van der Waals surface area contributed by atoms with Crippen LogP contribution in [0.2, 0.25) is 0 Å². The van der Waals surface area contributed by atoms with Gasteiger partial charge in [0.2, 0.25) is 0 Å². The summed E-state index contributed by atoms with van der Waals surface area (Å²) in [6.07, 6.45) is 3.65. The van der Waals surface area contributed by atoms with Gasteiger partial charge < -0.3 is 15.2 Å². The van der Waals surface area contributed by atoms with Crippen molar-refractivity contribution in [2.45, 2.75) is 37.3 Å². The van der Waals surface area contributed by atoms with Gasteiger partial charge >= 0.3 is 0 Å². The minimum Gasteiger partial charge on any atom is -0.496 e. The molecule has 0 saturated heterocycles. The summed E-state index contributed by atoms with van der Waals surface area (Å²) in [5.41, 5.74) is 1.17. The van der Waals surface area contributed by atoms with E-state index in [1.54, 1.807) is 18.9 Å². The highest BCUT2D eigenvalue weighted by molar-refractivity contribution is 7.98. The molecule has 0 aromatic heterocycles. The van der Waals surface area contributed by atoms with Crippen molar-refractivity contribution in [1.29, 1.82) is 0 Å². The average Bonchev–Trinajstić information content (AvgIpc) is 2.38. The standard InChI is InChI=1S/C14H23NO2S/c1-4-5-12(16)10-15-9-11-6-7-14(18-3)13(8-11)17-2/h6-8,12,15-16H,4-5,9-10H2,1-3H3. The predicted octanol–water partition coefficient (Wildman–Crippen LogP) is 2.67. The van der Waals surface area contributed by atoms with Gasteiger partial charge in [0.05, 0.1) is 13.2 Å². The molecule has 0 aliphatic heterocycles. The van der Waals surface area contributed by atoms with Crippen LogP contribution >= 0.6 is 11.8 Å². The van der Waals surface area contributed by atoms with Crippen molar-refractivity contribution in [2.75, 3.05) is 19.9 Å². The molecule has 4 heteroatoms. The number of thioether (sulfide) groups is 1. The molecular weight excluding hydrogens is 246 g/mol. The van der Waals surface area contributed by atoms with Gasteiger partial charge in [-0.15, -0.1) is 11.8 Å². The van der Waals surface area contributed by atoms with E-state index in [1.165, 1.54) is 5.56 Å². The Balaban J connectivity index is 2.47. The fourth-order valence-electron chi connectivity index (χ4n) is 1.81. The normalized spacial score (nSPS) is 12.4. The molecule has 18 heavy (non-hydrogen) atoms. The van der Waals surface area contributed by atoms with Gasteiger partial charge in [0.1, 0.15) is 5.75 Å². The maximum Gasteiger partial charge on any atom is 0.132 e. The van der Waals surface area contributed by atoms with Crippen molar-refractivity contribution >= 4 is 11.8 Å². The summed E-state index contributed by atoms with van der Waals surface area (Å²) in [5, 5.41) is 12.9. The Morgan fingerprint density at radius 1 is 1.44 bits per heavy atom. The molecule has 0 spiro atoms. The Morgan fingerprint density at radius 3 is 2.83 bits per heavy atom. The highest BCUT2D eigenvalue weighted by atomic mass is 32.2. The number of ether oxygens (including phenoxy) is 1. The Hall–Kier alpha value is -0.710. The van der Waals surface area contributed by atoms with E-state index in [-0.39, 0.29) is 6.10 Å². The molecule has 102 valence electrons. The van der Waals surface area contributed by atoms with Crippen molar-refractivity contribution in [3.8, 4) is 5.75 Å². The molecule has 0 amide bonds. The lowest BCUT2D eigenvalue weighted by molar-refractivity contribution is 0.160. The minimum absolute atomic E-state index is 0.248. The lowest BCUT2D eigenvalue weighted by Gasteiger charge is -2.12. The van der Waals surface area contributed by atoms with E-state index in [4.69, 9.17) is 4.74 Å². The number of rotatable bonds is 8. The molecule has 1 atom stereocenters. The molecular formula is C14H23NO2S. The van der Waals surface area contributed by atoms with Crippen LogP contribution in [0.5, 0.6) is 5.75 Å². The molecule has 0 bridgehead atoms. The van der Waals surface area contributed by atoms with Crippen molar-refractivity contribution < 1.29 is 9.84 Å². The maximum atomic E-state index is 9.62. The highest BCUT2D eigenvalue weighted by Gasteiger charge is 2.05. The van der Waals surface area contributed by atoms with Crippen molar-refractivity contribution in [3.63, 3.8) is 0 Å². The quantitative estimate of drug-likeness (QED) is 0.712. The second-order valence-electron chi connectivity index (χ2n) is 4.26. The zero-order valence-corrected chi connectivity index (χ0v) is 12.2. The predicted molar refractivity (Wildman–Crippen MR) is 77.4 cm³/mol. The van der Waals surface area contributed by atoms with E-state index in [9.17, 15) is 5.11 Å². The summed E-state index contributed by atoms with van der Waals surface area (Å²) in [5.74, 6) is 0.913. The summed E-state index contributed by atoms with van der Waals surface area (Å²) >= 11 is 1.68. The first kappa shape index (κ1) is 15.3. The summed E-state index contributed by atoms with van der Waals surface area (Å²) < 4.78 is 5.34. The first-order valence-electron chi connectivity index (χ1n) is 6.31.